The Morgan fingerprint density at radius 1 is 1.17 bits per heavy atom. The Labute approximate surface area is 114 Å². The van der Waals surface area contributed by atoms with E-state index in [9.17, 15) is 4.79 Å². The van der Waals surface area contributed by atoms with Gasteiger partial charge < -0.3 is 19.9 Å². The molecule has 0 saturated heterocycles. The van der Waals surface area contributed by atoms with Gasteiger partial charge in [0, 0.05) is 40.9 Å². The Kier molecular flexibility index (Phi) is 6.33. The van der Waals surface area contributed by atoms with Crippen molar-refractivity contribution in [1.82, 2.24) is 5.32 Å². The third kappa shape index (κ3) is 4.00. The van der Waals surface area contributed by atoms with Crippen molar-refractivity contribution in [3.63, 3.8) is 0 Å². The van der Waals surface area contributed by atoms with Crippen molar-refractivity contribution in [1.29, 1.82) is 0 Å². The van der Waals surface area contributed by atoms with Crippen molar-refractivity contribution in [3.05, 3.63) is 18.2 Å². The number of hydrogen-bond acceptors (Lipinski definition) is 4. The molecule has 1 amide bonds. The van der Waals surface area contributed by atoms with E-state index < -0.39 is 6.09 Å². The van der Waals surface area contributed by atoms with Gasteiger partial charge in [-0.2, -0.15) is 0 Å². The van der Waals surface area contributed by atoms with Crippen LogP contribution in [0.2, 0.25) is 0 Å². The molecule has 102 valence electrons. The van der Waals surface area contributed by atoms with Crippen LogP contribution < -0.4 is 19.9 Å². The Hall–Kier alpha value is -1.62. The van der Waals surface area contributed by atoms with Crippen molar-refractivity contribution in [2.24, 2.45) is 0 Å². The van der Waals surface area contributed by atoms with Gasteiger partial charge in [-0.3, -0.25) is 0 Å². The van der Waals surface area contributed by atoms with Gasteiger partial charge in [0.25, 0.3) is 0 Å². The van der Waals surface area contributed by atoms with E-state index in [1.54, 1.807) is 6.07 Å². The van der Waals surface area contributed by atoms with E-state index in [2.05, 4.69) is 5.32 Å². The van der Waals surface area contributed by atoms with Crippen molar-refractivity contribution < 1.29 is 9.53 Å². The number of halogens is 1. The highest BCUT2D eigenvalue weighted by Crippen LogP contribution is 2.31. The van der Waals surface area contributed by atoms with Crippen LogP contribution in [0.4, 0.5) is 16.2 Å². The summed E-state index contributed by atoms with van der Waals surface area (Å²) in [5.74, 6) is 0.542. The summed E-state index contributed by atoms with van der Waals surface area (Å²) in [6, 6.07) is 5.67. The molecule has 6 heteroatoms. The third-order valence-electron chi connectivity index (χ3n) is 2.35. The number of hydrogen-bond donors (Lipinski definition) is 1. The van der Waals surface area contributed by atoms with Gasteiger partial charge >= 0.3 is 6.09 Å². The molecule has 18 heavy (non-hydrogen) atoms. The first kappa shape index (κ1) is 16.4. The van der Waals surface area contributed by atoms with Gasteiger partial charge in [-0.05, 0) is 18.2 Å². The predicted molar refractivity (Wildman–Crippen MR) is 77.4 cm³/mol. The number of benzene rings is 1. The fraction of sp³-hybridized carbons (Fsp3) is 0.417. The van der Waals surface area contributed by atoms with Crippen LogP contribution in [0.15, 0.2) is 18.2 Å². The van der Waals surface area contributed by atoms with Gasteiger partial charge in [0.2, 0.25) is 0 Å². The highest BCUT2D eigenvalue weighted by atomic mass is 35.5. The molecular formula is C12H20ClN3O2. The molecule has 0 unspecified atom stereocenters. The van der Waals surface area contributed by atoms with Crippen molar-refractivity contribution in [3.8, 4) is 5.75 Å². The van der Waals surface area contributed by atoms with Crippen LogP contribution in [-0.4, -0.2) is 41.3 Å². The zero-order valence-corrected chi connectivity index (χ0v) is 12.2. The molecule has 0 aromatic heterocycles. The largest absolute Gasteiger partial charge is 0.412 e. The summed E-state index contributed by atoms with van der Waals surface area (Å²) in [4.78, 5) is 15.1. The van der Waals surface area contributed by atoms with Gasteiger partial charge in [0.15, 0.2) is 5.75 Å². The number of carbonyl (C=O) groups is 1. The Morgan fingerprint density at radius 2 is 1.78 bits per heavy atom. The summed E-state index contributed by atoms with van der Waals surface area (Å²) < 4.78 is 5.18. The number of anilines is 2. The molecule has 0 saturated carbocycles. The van der Waals surface area contributed by atoms with Crippen LogP contribution in [-0.2, 0) is 0 Å². The number of nitrogens with zero attached hydrogens (tertiary/aromatic N) is 2. The monoisotopic (exact) mass is 273 g/mol. The van der Waals surface area contributed by atoms with Crippen LogP contribution in [0.5, 0.6) is 5.75 Å². The third-order valence-corrected chi connectivity index (χ3v) is 2.35. The summed E-state index contributed by atoms with van der Waals surface area (Å²) in [7, 11) is 9.28. The summed E-state index contributed by atoms with van der Waals surface area (Å²) in [5, 5.41) is 2.43. The zero-order chi connectivity index (χ0) is 13.0. The van der Waals surface area contributed by atoms with Crippen LogP contribution in [0.1, 0.15) is 0 Å². The molecule has 0 heterocycles. The lowest BCUT2D eigenvalue weighted by Gasteiger charge is -2.20. The SMILES string of the molecule is CNC(=O)Oc1ccc(N(C)C)cc1N(C)C.Cl. The lowest BCUT2D eigenvalue weighted by atomic mass is 10.2. The number of ether oxygens (including phenoxy) is 1. The van der Waals surface area contributed by atoms with Gasteiger partial charge in [0.05, 0.1) is 5.69 Å². The molecule has 0 spiro atoms. The number of rotatable bonds is 3. The van der Waals surface area contributed by atoms with Crippen molar-refractivity contribution in [2.75, 3.05) is 45.0 Å². The molecule has 1 aromatic rings. The van der Waals surface area contributed by atoms with E-state index in [4.69, 9.17) is 4.74 Å². The molecule has 0 aliphatic carbocycles. The standard InChI is InChI=1S/C12H19N3O2.ClH/c1-13-12(16)17-11-7-6-9(14(2)3)8-10(11)15(4)5;/h6-8H,1-5H3,(H,13,16);1H. The van der Waals surface area contributed by atoms with E-state index in [1.165, 1.54) is 7.05 Å². The van der Waals surface area contributed by atoms with Gasteiger partial charge in [0.1, 0.15) is 0 Å². The summed E-state index contributed by atoms with van der Waals surface area (Å²) in [5.41, 5.74) is 1.91. The highest BCUT2D eigenvalue weighted by Gasteiger charge is 2.11. The molecule has 5 nitrogen and oxygen atoms in total. The van der Waals surface area contributed by atoms with E-state index >= 15 is 0 Å². The van der Waals surface area contributed by atoms with Crippen LogP contribution in [0, 0.1) is 0 Å². The van der Waals surface area contributed by atoms with Gasteiger partial charge in [-0.1, -0.05) is 0 Å². The normalized spacial score (nSPS) is 9.17. The first-order chi connectivity index (χ1) is 7.95. The molecule has 0 aliphatic heterocycles. The van der Waals surface area contributed by atoms with Crippen molar-refractivity contribution in [2.45, 2.75) is 0 Å². The molecule has 1 aromatic carbocycles. The van der Waals surface area contributed by atoms with Crippen LogP contribution in [0.25, 0.3) is 0 Å². The molecular weight excluding hydrogens is 254 g/mol. The molecule has 0 fully saturated rings. The minimum Gasteiger partial charge on any atom is -0.408 e. The predicted octanol–water partition coefficient (Wildman–Crippen LogP) is 1.96. The van der Waals surface area contributed by atoms with Gasteiger partial charge in [-0.15, -0.1) is 12.4 Å². The molecule has 0 atom stereocenters. The molecule has 1 rings (SSSR count). The Balaban J connectivity index is 0.00000289. The number of amides is 1. The second-order valence-corrected chi connectivity index (χ2v) is 4.08. The summed E-state index contributed by atoms with van der Waals surface area (Å²) >= 11 is 0. The molecule has 0 radical (unpaired) electrons. The summed E-state index contributed by atoms with van der Waals surface area (Å²) in [6.07, 6.45) is -0.467. The average molecular weight is 274 g/mol. The van der Waals surface area contributed by atoms with E-state index in [0.29, 0.717) is 5.75 Å². The first-order valence-corrected chi connectivity index (χ1v) is 5.34. The first-order valence-electron chi connectivity index (χ1n) is 5.34. The van der Waals surface area contributed by atoms with E-state index in [-0.39, 0.29) is 12.4 Å². The summed E-state index contributed by atoms with van der Waals surface area (Å²) in [6.45, 7) is 0. The second kappa shape index (κ2) is 6.96. The average Bonchev–Trinajstić information content (AvgIpc) is 2.28. The smallest absolute Gasteiger partial charge is 0.408 e. The molecule has 0 bridgehead atoms. The van der Waals surface area contributed by atoms with E-state index in [1.807, 2.05) is 50.1 Å². The maximum Gasteiger partial charge on any atom is 0.412 e. The van der Waals surface area contributed by atoms with E-state index in [0.717, 1.165) is 11.4 Å². The topological polar surface area (TPSA) is 44.8 Å². The zero-order valence-electron chi connectivity index (χ0n) is 11.4. The second-order valence-electron chi connectivity index (χ2n) is 4.08. The van der Waals surface area contributed by atoms with Crippen LogP contribution >= 0.6 is 12.4 Å². The van der Waals surface area contributed by atoms with Crippen molar-refractivity contribution >= 4 is 29.9 Å². The lowest BCUT2D eigenvalue weighted by Crippen LogP contribution is -2.23. The highest BCUT2D eigenvalue weighted by molar-refractivity contribution is 5.85. The number of nitrogens with one attached hydrogen (secondary N) is 1. The fourth-order valence-electron chi connectivity index (χ4n) is 1.37. The van der Waals surface area contributed by atoms with Gasteiger partial charge in [-0.25, -0.2) is 4.79 Å². The minimum absolute atomic E-state index is 0. The maximum absolute atomic E-state index is 11.2. The van der Waals surface area contributed by atoms with Crippen LogP contribution in [0.3, 0.4) is 0 Å². The Morgan fingerprint density at radius 3 is 2.22 bits per heavy atom. The fourth-order valence-corrected chi connectivity index (χ4v) is 1.37. The molecule has 1 N–H and O–H groups in total. The number of carbonyl (C=O) groups excluding carboxylic acids is 1. The maximum atomic E-state index is 11.2. The lowest BCUT2D eigenvalue weighted by molar-refractivity contribution is 0.203. The minimum atomic E-state index is -0.467. The Bertz CT molecular complexity index is 408. The molecule has 0 aliphatic rings. The quantitative estimate of drug-likeness (QED) is 0.914.